The van der Waals surface area contributed by atoms with Gasteiger partial charge in [-0.15, -0.1) is 0 Å². The minimum atomic E-state index is -0.972. The number of benzene rings is 2. The van der Waals surface area contributed by atoms with E-state index in [0.29, 0.717) is 33.9 Å². The van der Waals surface area contributed by atoms with Crippen LogP contribution in [0.3, 0.4) is 0 Å². The highest BCUT2D eigenvalue weighted by Crippen LogP contribution is 2.51. The van der Waals surface area contributed by atoms with Crippen LogP contribution in [0.1, 0.15) is 25.5 Å². The molecule has 2 bridgehead atoms. The number of rotatable bonds is 4. The van der Waals surface area contributed by atoms with Crippen molar-refractivity contribution in [2.24, 2.45) is 5.92 Å². The molecular formula is C21H22ClN3O3S. The van der Waals surface area contributed by atoms with Crippen LogP contribution in [0, 0.1) is 5.92 Å². The van der Waals surface area contributed by atoms with Crippen molar-refractivity contribution in [3.8, 4) is 11.5 Å². The van der Waals surface area contributed by atoms with Gasteiger partial charge in [0.25, 0.3) is 0 Å². The van der Waals surface area contributed by atoms with Crippen LogP contribution >= 0.6 is 23.8 Å². The number of ether oxygens (including phenoxy) is 2. The van der Waals surface area contributed by atoms with Crippen molar-refractivity contribution in [1.82, 2.24) is 10.2 Å². The topological polar surface area (TPSA) is 62.8 Å². The lowest BCUT2D eigenvalue weighted by molar-refractivity contribution is -0.149. The molecule has 4 rings (SSSR count). The van der Waals surface area contributed by atoms with Crippen molar-refractivity contribution < 1.29 is 14.3 Å². The molecule has 1 amide bonds. The highest BCUT2D eigenvalue weighted by molar-refractivity contribution is 7.80. The number of hydrogen-bond donors (Lipinski definition) is 2. The van der Waals surface area contributed by atoms with E-state index in [1.165, 1.54) is 0 Å². The lowest BCUT2D eigenvalue weighted by Gasteiger charge is -2.56. The van der Waals surface area contributed by atoms with Crippen LogP contribution in [-0.4, -0.2) is 35.3 Å². The van der Waals surface area contributed by atoms with Gasteiger partial charge in [-0.25, -0.2) is 0 Å². The number of methoxy groups -OCH3 is 1. The molecule has 2 heterocycles. The number of amides is 1. The second kappa shape index (κ2) is 7.39. The number of fused-ring (bicyclic) bond motifs is 4. The van der Waals surface area contributed by atoms with Gasteiger partial charge in [-0.3, -0.25) is 4.79 Å². The van der Waals surface area contributed by atoms with Crippen molar-refractivity contribution in [3.05, 3.63) is 53.1 Å². The average molecular weight is 432 g/mol. The third kappa shape index (κ3) is 3.18. The molecule has 6 nitrogen and oxygen atoms in total. The van der Waals surface area contributed by atoms with Crippen LogP contribution in [0.4, 0.5) is 5.69 Å². The highest BCUT2D eigenvalue weighted by Gasteiger charge is 2.58. The maximum absolute atomic E-state index is 13.4. The second-order valence-corrected chi connectivity index (χ2v) is 8.00. The summed E-state index contributed by atoms with van der Waals surface area (Å²) in [5.74, 6) is 0.540. The van der Waals surface area contributed by atoms with Gasteiger partial charge in [-0.05, 0) is 56.4 Å². The summed E-state index contributed by atoms with van der Waals surface area (Å²) in [7, 11) is 1.60. The first-order valence-electron chi connectivity index (χ1n) is 9.39. The van der Waals surface area contributed by atoms with Crippen molar-refractivity contribution in [3.63, 3.8) is 0 Å². The molecular weight excluding hydrogens is 410 g/mol. The molecule has 2 N–H and O–H groups in total. The van der Waals surface area contributed by atoms with Crippen molar-refractivity contribution >= 4 is 40.5 Å². The minimum Gasteiger partial charge on any atom is -0.493 e. The van der Waals surface area contributed by atoms with Gasteiger partial charge in [0.1, 0.15) is 5.92 Å². The first-order chi connectivity index (χ1) is 13.9. The van der Waals surface area contributed by atoms with Crippen LogP contribution in [0.5, 0.6) is 11.5 Å². The fourth-order valence-corrected chi connectivity index (χ4v) is 4.77. The van der Waals surface area contributed by atoms with Gasteiger partial charge in [0, 0.05) is 22.8 Å². The molecule has 0 unspecified atom stereocenters. The zero-order valence-corrected chi connectivity index (χ0v) is 17.9. The van der Waals surface area contributed by atoms with E-state index in [0.717, 1.165) is 5.56 Å². The summed E-state index contributed by atoms with van der Waals surface area (Å²) in [6.07, 6.45) is 0. The number of anilines is 1. The molecule has 2 aromatic carbocycles. The van der Waals surface area contributed by atoms with Crippen molar-refractivity contribution in [2.75, 3.05) is 19.0 Å². The number of thiocarbonyl (C=S) groups is 1. The Kier molecular flexibility index (Phi) is 5.04. The predicted molar refractivity (Wildman–Crippen MR) is 116 cm³/mol. The van der Waals surface area contributed by atoms with Gasteiger partial charge < -0.3 is 25.0 Å². The molecule has 0 spiro atoms. The predicted octanol–water partition coefficient (Wildman–Crippen LogP) is 3.96. The zero-order valence-electron chi connectivity index (χ0n) is 16.4. The maximum atomic E-state index is 13.4. The van der Waals surface area contributed by atoms with E-state index in [-0.39, 0.29) is 11.9 Å². The standard InChI is InChI=1S/C21H22ClN3O3S/c1-4-25-20(29)24-17-14-6-5-7-15(27-3)18(14)28-21(25,2)16(17)19(26)23-13-10-8-12(22)9-11-13/h5-11,16-17H,4H2,1-3H3,(H,23,26)(H,24,29)/t16-,17+,21+/m1/s1. The molecule has 3 atom stereocenters. The Bertz CT molecular complexity index is 968. The Balaban J connectivity index is 1.78. The van der Waals surface area contributed by atoms with Gasteiger partial charge in [0.05, 0.1) is 13.2 Å². The van der Waals surface area contributed by atoms with Crippen LogP contribution in [0.25, 0.3) is 0 Å². The first-order valence-corrected chi connectivity index (χ1v) is 10.2. The Labute approximate surface area is 180 Å². The number of hydrogen-bond acceptors (Lipinski definition) is 4. The molecule has 1 saturated heterocycles. The van der Waals surface area contributed by atoms with Crippen LogP contribution < -0.4 is 20.1 Å². The molecule has 0 aromatic heterocycles. The molecule has 2 aliphatic rings. The average Bonchev–Trinajstić information content (AvgIpc) is 2.69. The molecule has 8 heteroatoms. The Morgan fingerprint density at radius 2 is 2.07 bits per heavy atom. The summed E-state index contributed by atoms with van der Waals surface area (Å²) in [5, 5.41) is 7.51. The summed E-state index contributed by atoms with van der Waals surface area (Å²) in [5.41, 5.74) is 0.541. The fourth-order valence-electron chi connectivity index (χ4n) is 4.21. The molecule has 29 heavy (non-hydrogen) atoms. The minimum absolute atomic E-state index is 0.165. The van der Waals surface area contributed by atoms with Crippen molar-refractivity contribution in [2.45, 2.75) is 25.6 Å². The number of para-hydroxylation sites is 1. The lowest BCUT2D eigenvalue weighted by Crippen LogP contribution is -2.71. The normalized spacial score (nSPS) is 24.8. The number of carbonyl (C=O) groups excluding carboxylic acids is 1. The lowest BCUT2D eigenvalue weighted by atomic mass is 9.78. The number of halogens is 1. The van der Waals surface area contributed by atoms with E-state index in [4.69, 9.17) is 33.3 Å². The maximum Gasteiger partial charge on any atom is 0.236 e. The Morgan fingerprint density at radius 3 is 2.72 bits per heavy atom. The van der Waals surface area contributed by atoms with Crippen LogP contribution in [-0.2, 0) is 4.79 Å². The quantitative estimate of drug-likeness (QED) is 0.714. The molecule has 2 aliphatic heterocycles. The van der Waals surface area contributed by atoms with Crippen molar-refractivity contribution in [1.29, 1.82) is 0 Å². The Morgan fingerprint density at radius 1 is 1.34 bits per heavy atom. The van der Waals surface area contributed by atoms with E-state index in [2.05, 4.69) is 10.6 Å². The molecule has 0 aliphatic carbocycles. The highest BCUT2D eigenvalue weighted by atomic mass is 35.5. The van der Waals surface area contributed by atoms with E-state index in [1.807, 2.05) is 36.9 Å². The van der Waals surface area contributed by atoms with E-state index in [1.54, 1.807) is 31.4 Å². The smallest absolute Gasteiger partial charge is 0.236 e. The summed E-state index contributed by atoms with van der Waals surface area (Å²) in [6.45, 7) is 4.47. The van der Waals surface area contributed by atoms with E-state index >= 15 is 0 Å². The number of carbonyl (C=O) groups is 1. The monoisotopic (exact) mass is 431 g/mol. The van der Waals surface area contributed by atoms with Gasteiger partial charge in [0.2, 0.25) is 5.91 Å². The molecule has 2 aromatic rings. The molecule has 0 radical (unpaired) electrons. The first kappa shape index (κ1) is 19.8. The second-order valence-electron chi connectivity index (χ2n) is 7.18. The Hall–Kier alpha value is -2.51. The van der Waals surface area contributed by atoms with Crippen LogP contribution in [0.2, 0.25) is 5.02 Å². The molecule has 1 fully saturated rings. The van der Waals surface area contributed by atoms with Gasteiger partial charge in [0.15, 0.2) is 22.3 Å². The molecule has 152 valence electrons. The zero-order chi connectivity index (χ0) is 20.8. The largest absolute Gasteiger partial charge is 0.493 e. The molecule has 0 saturated carbocycles. The third-order valence-electron chi connectivity index (χ3n) is 5.55. The van der Waals surface area contributed by atoms with E-state index in [9.17, 15) is 4.79 Å². The third-order valence-corrected chi connectivity index (χ3v) is 6.14. The van der Waals surface area contributed by atoms with Gasteiger partial charge in [-0.1, -0.05) is 23.7 Å². The SMILES string of the molecule is CCN1C(=S)N[C@H]2c3cccc(OC)c3O[C@@]1(C)[C@H]2C(=O)Nc1ccc(Cl)cc1. The fraction of sp³-hybridized carbons (Fsp3) is 0.333. The van der Waals surface area contributed by atoms with E-state index < -0.39 is 11.6 Å². The summed E-state index contributed by atoms with van der Waals surface area (Å²) in [6, 6.07) is 12.3. The number of nitrogens with zero attached hydrogens (tertiary/aromatic N) is 1. The van der Waals surface area contributed by atoms with Gasteiger partial charge in [-0.2, -0.15) is 0 Å². The summed E-state index contributed by atoms with van der Waals surface area (Å²) in [4.78, 5) is 15.3. The summed E-state index contributed by atoms with van der Waals surface area (Å²) >= 11 is 11.5. The summed E-state index contributed by atoms with van der Waals surface area (Å²) < 4.78 is 12.0. The van der Waals surface area contributed by atoms with Crippen LogP contribution in [0.15, 0.2) is 42.5 Å². The van der Waals surface area contributed by atoms with Gasteiger partial charge >= 0.3 is 0 Å². The number of nitrogens with one attached hydrogen (secondary N) is 2.